The Bertz CT molecular complexity index is 918. The van der Waals surface area contributed by atoms with Crippen LogP contribution in [-0.4, -0.2) is 20.1 Å². The summed E-state index contributed by atoms with van der Waals surface area (Å²) in [4.78, 5) is 12.4. The molecule has 7 heteroatoms. The first-order valence-electron chi connectivity index (χ1n) is 7.50. The molecule has 0 aliphatic heterocycles. The zero-order chi connectivity index (χ0) is 19.3. The van der Waals surface area contributed by atoms with E-state index in [0.29, 0.717) is 32.8 Å². The van der Waals surface area contributed by atoms with Crippen molar-refractivity contribution in [3.63, 3.8) is 0 Å². The van der Waals surface area contributed by atoms with Gasteiger partial charge in [0, 0.05) is 5.69 Å². The van der Waals surface area contributed by atoms with Crippen LogP contribution in [0.5, 0.6) is 11.5 Å². The summed E-state index contributed by atoms with van der Waals surface area (Å²) < 4.78 is 10.5. The molecule has 1 amide bonds. The minimum Gasteiger partial charge on any atom is -0.493 e. The number of amides is 1. The van der Waals surface area contributed by atoms with Crippen LogP contribution in [0.25, 0.3) is 6.08 Å². The van der Waals surface area contributed by atoms with Crippen molar-refractivity contribution in [1.29, 1.82) is 5.26 Å². The normalized spacial score (nSPS) is 10.8. The minimum atomic E-state index is -0.555. The molecular weight excluding hydrogens is 375 g/mol. The summed E-state index contributed by atoms with van der Waals surface area (Å²) >= 11 is 11.8. The Morgan fingerprint density at radius 1 is 1.12 bits per heavy atom. The molecule has 0 spiro atoms. The van der Waals surface area contributed by atoms with Crippen LogP contribution in [0.15, 0.2) is 35.9 Å². The Morgan fingerprint density at radius 2 is 1.77 bits per heavy atom. The molecule has 134 valence electrons. The number of benzene rings is 2. The first-order chi connectivity index (χ1) is 12.4. The standard InChI is InChI=1S/C19H16Cl2N2O3/c1-11-6-17(25-2)18(26-3)8-12(11)7-13(10-22)19(24)23-14-4-5-15(20)16(21)9-14/h4-9H,1-3H3,(H,23,24)/b13-7-. The van der Waals surface area contributed by atoms with Gasteiger partial charge >= 0.3 is 0 Å². The molecule has 1 N–H and O–H groups in total. The number of nitrogens with zero attached hydrogens (tertiary/aromatic N) is 1. The van der Waals surface area contributed by atoms with Gasteiger partial charge in [0.05, 0.1) is 24.3 Å². The van der Waals surface area contributed by atoms with E-state index in [1.165, 1.54) is 26.4 Å². The Kier molecular flexibility index (Phi) is 6.51. The Labute approximate surface area is 161 Å². The first-order valence-corrected chi connectivity index (χ1v) is 8.26. The van der Waals surface area contributed by atoms with Gasteiger partial charge in [0.2, 0.25) is 0 Å². The molecule has 0 aromatic heterocycles. The van der Waals surface area contributed by atoms with Crippen molar-refractivity contribution < 1.29 is 14.3 Å². The molecule has 0 radical (unpaired) electrons. The highest BCUT2D eigenvalue weighted by Gasteiger charge is 2.13. The second-order valence-corrected chi connectivity index (χ2v) is 6.13. The lowest BCUT2D eigenvalue weighted by molar-refractivity contribution is -0.112. The minimum absolute atomic E-state index is 0.0635. The summed E-state index contributed by atoms with van der Waals surface area (Å²) in [5.41, 5.74) is 1.88. The number of hydrogen-bond donors (Lipinski definition) is 1. The summed E-state index contributed by atoms with van der Waals surface area (Å²) in [6.07, 6.45) is 1.49. The van der Waals surface area contributed by atoms with Gasteiger partial charge in [-0.15, -0.1) is 0 Å². The van der Waals surface area contributed by atoms with Gasteiger partial charge in [0.15, 0.2) is 11.5 Å². The number of nitriles is 1. The fraction of sp³-hybridized carbons (Fsp3) is 0.158. The lowest BCUT2D eigenvalue weighted by Gasteiger charge is -2.11. The number of carbonyl (C=O) groups is 1. The zero-order valence-corrected chi connectivity index (χ0v) is 15.9. The Balaban J connectivity index is 2.33. The third-order valence-corrected chi connectivity index (χ3v) is 4.35. The molecule has 0 aliphatic rings. The van der Waals surface area contributed by atoms with Crippen LogP contribution in [0.2, 0.25) is 10.0 Å². The third kappa shape index (κ3) is 4.48. The molecule has 0 unspecified atom stereocenters. The number of carbonyl (C=O) groups excluding carboxylic acids is 1. The molecule has 0 saturated carbocycles. The lowest BCUT2D eigenvalue weighted by Crippen LogP contribution is -2.13. The van der Waals surface area contributed by atoms with E-state index in [2.05, 4.69) is 5.32 Å². The summed E-state index contributed by atoms with van der Waals surface area (Å²) in [5.74, 6) is 0.521. The molecule has 2 aromatic carbocycles. The van der Waals surface area contributed by atoms with Crippen molar-refractivity contribution in [3.05, 3.63) is 57.1 Å². The Morgan fingerprint density at radius 3 is 2.35 bits per heavy atom. The van der Waals surface area contributed by atoms with Crippen LogP contribution in [0, 0.1) is 18.3 Å². The monoisotopic (exact) mass is 390 g/mol. The van der Waals surface area contributed by atoms with Gasteiger partial charge in [-0.25, -0.2) is 0 Å². The van der Waals surface area contributed by atoms with Gasteiger partial charge in [-0.2, -0.15) is 5.26 Å². The maximum absolute atomic E-state index is 12.4. The molecule has 0 fully saturated rings. The quantitative estimate of drug-likeness (QED) is 0.584. The van der Waals surface area contributed by atoms with Gasteiger partial charge in [-0.1, -0.05) is 23.2 Å². The number of aryl methyl sites for hydroxylation is 1. The van der Waals surface area contributed by atoms with Crippen molar-refractivity contribution in [1.82, 2.24) is 0 Å². The highest BCUT2D eigenvalue weighted by molar-refractivity contribution is 6.42. The van der Waals surface area contributed by atoms with Gasteiger partial charge < -0.3 is 14.8 Å². The number of rotatable bonds is 5. The molecule has 0 bridgehead atoms. The molecule has 0 aliphatic carbocycles. The summed E-state index contributed by atoms with van der Waals surface area (Å²) in [6.45, 7) is 1.85. The van der Waals surface area contributed by atoms with Crippen LogP contribution in [0.4, 0.5) is 5.69 Å². The maximum atomic E-state index is 12.4. The van der Waals surface area contributed by atoms with E-state index < -0.39 is 5.91 Å². The van der Waals surface area contributed by atoms with Crippen molar-refractivity contribution in [3.8, 4) is 17.6 Å². The number of hydrogen-bond acceptors (Lipinski definition) is 4. The predicted octanol–water partition coefficient (Wildman–Crippen LogP) is 4.86. The van der Waals surface area contributed by atoms with E-state index in [4.69, 9.17) is 32.7 Å². The zero-order valence-electron chi connectivity index (χ0n) is 14.4. The second-order valence-electron chi connectivity index (χ2n) is 5.32. The largest absolute Gasteiger partial charge is 0.493 e. The molecule has 0 heterocycles. The van der Waals surface area contributed by atoms with Crippen molar-refractivity contribution >= 4 is 40.9 Å². The lowest BCUT2D eigenvalue weighted by atomic mass is 10.0. The van der Waals surface area contributed by atoms with E-state index in [1.54, 1.807) is 24.3 Å². The van der Waals surface area contributed by atoms with E-state index in [0.717, 1.165) is 5.56 Å². The van der Waals surface area contributed by atoms with Gasteiger partial charge in [0.1, 0.15) is 11.6 Å². The summed E-state index contributed by atoms with van der Waals surface area (Å²) in [5, 5.41) is 12.7. The van der Waals surface area contributed by atoms with E-state index in [1.807, 2.05) is 13.0 Å². The highest BCUT2D eigenvalue weighted by Crippen LogP contribution is 2.31. The van der Waals surface area contributed by atoms with Crippen molar-refractivity contribution in [2.45, 2.75) is 6.92 Å². The average Bonchev–Trinajstić information content (AvgIpc) is 2.63. The van der Waals surface area contributed by atoms with Crippen molar-refractivity contribution in [2.24, 2.45) is 0 Å². The van der Waals surface area contributed by atoms with Gasteiger partial charge in [-0.05, 0) is 54.5 Å². The molecule has 2 aromatic rings. The predicted molar refractivity (Wildman–Crippen MR) is 103 cm³/mol. The summed E-state index contributed by atoms with van der Waals surface area (Å²) in [7, 11) is 3.06. The Hall–Kier alpha value is -2.68. The third-order valence-electron chi connectivity index (χ3n) is 3.61. The fourth-order valence-electron chi connectivity index (χ4n) is 2.23. The van der Waals surface area contributed by atoms with E-state index >= 15 is 0 Å². The number of ether oxygens (including phenoxy) is 2. The molecule has 0 atom stereocenters. The number of anilines is 1. The van der Waals surface area contributed by atoms with E-state index in [-0.39, 0.29) is 5.57 Å². The summed E-state index contributed by atoms with van der Waals surface area (Å²) in [6, 6.07) is 10.1. The molecular formula is C19H16Cl2N2O3. The first kappa shape index (κ1) is 19.6. The number of halogens is 2. The van der Waals surface area contributed by atoms with E-state index in [9.17, 15) is 10.1 Å². The van der Waals surface area contributed by atoms with Gasteiger partial charge in [0.25, 0.3) is 5.91 Å². The second kappa shape index (κ2) is 8.61. The smallest absolute Gasteiger partial charge is 0.266 e. The molecule has 2 rings (SSSR count). The van der Waals surface area contributed by atoms with Crippen molar-refractivity contribution in [2.75, 3.05) is 19.5 Å². The topological polar surface area (TPSA) is 71.3 Å². The van der Waals surface area contributed by atoms with Crippen LogP contribution >= 0.6 is 23.2 Å². The molecule has 0 saturated heterocycles. The SMILES string of the molecule is COc1cc(C)c(/C=C(/C#N)C(=O)Nc2ccc(Cl)c(Cl)c2)cc1OC. The molecule has 5 nitrogen and oxygen atoms in total. The molecule has 26 heavy (non-hydrogen) atoms. The van der Waals surface area contributed by atoms with Crippen LogP contribution in [-0.2, 0) is 4.79 Å². The number of methoxy groups -OCH3 is 2. The van der Waals surface area contributed by atoms with Crippen LogP contribution in [0.1, 0.15) is 11.1 Å². The fourth-order valence-corrected chi connectivity index (χ4v) is 2.53. The van der Waals surface area contributed by atoms with Gasteiger partial charge in [-0.3, -0.25) is 4.79 Å². The van der Waals surface area contributed by atoms with Crippen LogP contribution in [0.3, 0.4) is 0 Å². The maximum Gasteiger partial charge on any atom is 0.266 e. The highest BCUT2D eigenvalue weighted by atomic mass is 35.5. The number of nitrogens with one attached hydrogen (secondary N) is 1. The average molecular weight is 391 g/mol. The van der Waals surface area contributed by atoms with Crippen LogP contribution < -0.4 is 14.8 Å².